The summed E-state index contributed by atoms with van der Waals surface area (Å²) in [7, 11) is 1.71. The van der Waals surface area contributed by atoms with Gasteiger partial charge in [0.1, 0.15) is 5.75 Å². The minimum absolute atomic E-state index is 0.344. The molecule has 0 amide bonds. The van der Waals surface area contributed by atoms with Gasteiger partial charge in [-0.05, 0) is 50.6 Å². The average Bonchev–Trinajstić information content (AvgIpc) is 2.52. The number of nitrogens with two attached hydrogens (primary N) is 1. The molecule has 1 aromatic carbocycles. The van der Waals surface area contributed by atoms with E-state index in [9.17, 15) is 0 Å². The lowest BCUT2D eigenvalue weighted by Gasteiger charge is -2.36. The smallest absolute Gasteiger partial charge is 0.119 e. The molecule has 1 saturated heterocycles. The summed E-state index contributed by atoms with van der Waals surface area (Å²) in [5.41, 5.74) is 7.08. The summed E-state index contributed by atoms with van der Waals surface area (Å²) in [5, 5.41) is 0. The van der Waals surface area contributed by atoms with Crippen molar-refractivity contribution in [2.24, 2.45) is 5.73 Å². The predicted molar refractivity (Wildman–Crippen MR) is 89.1 cm³/mol. The Bertz CT molecular complexity index is 397. The molecule has 2 rings (SSSR count). The van der Waals surface area contributed by atoms with Gasteiger partial charge in [0.15, 0.2) is 0 Å². The number of rotatable bonds is 7. The second kappa shape index (κ2) is 8.25. The highest BCUT2D eigenvalue weighted by Crippen LogP contribution is 2.20. The van der Waals surface area contributed by atoms with Gasteiger partial charge in [-0.2, -0.15) is 0 Å². The normalized spacial score (nSPS) is 17.8. The summed E-state index contributed by atoms with van der Waals surface area (Å²) < 4.78 is 5.21. The molecule has 21 heavy (non-hydrogen) atoms. The molecule has 2 N–H and O–H groups in total. The number of benzene rings is 1. The number of anilines is 1. The molecule has 0 bridgehead atoms. The van der Waals surface area contributed by atoms with E-state index in [-0.39, 0.29) is 0 Å². The van der Waals surface area contributed by atoms with Gasteiger partial charge in [0, 0.05) is 37.9 Å². The highest BCUT2D eigenvalue weighted by Gasteiger charge is 2.16. The maximum Gasteiger partial charge on any atom is 0.119 e. The van der Waals surface area contributed by atoms with Crippen LogP contribution in [0.4, 0.5) is 5.69 Å². The third-order valence-corrected chi connectivity index (χ3v) is 4.19. The Labute approximate surface area is 128 Å². The first-order chi connectivity index (χ1) is 10.2. The van der Waals surface area contributed by atoms with Crippen molar-refractivity contribution in [1.82, 2.24) is 4.90 Å². The van der Waals surface area contributed by atoms with Crippen LogP contribution >= 0.6 is 0 Å². The number of methoxy groups -OCH3 is 1. The monoisotopic (exact) mass is 291 g/mol. The number of nitrogens with zero attached hydrogens (tertiary/aromatic N) is 2. The van der Waals surface area contributed by atoms with Gasteiger partial charge in [-0.15, -0.1) is 0 Å². The van der Waals surface area contributed by atoms with Gasteiger partial charge in [-0.1, -0.05) is 6.42 Å². The molecule has 4 heteroatoms. The van der Waals surface area contributed by atoms with Crippen molar-refractivity contribution in [2.75, 3.05) is 44.7 Å². The Kier molecular flexibility index (Phi) is 6.33. The molecule has 1 atom stereocenters. The van der Waals surface area contributed by atoms with Crippen LogP contribution in [0.1, 0.15) is 26.2 Å². The van der Waals surface area contributed by atoms with Crippen LogP contribution in [0.5, 0.6) is 5.75 Å². The Morgan fingerprint density at radius 1 is 1.10 bits per heavy atom. The zero-order chi connectivity index (χ0) is 15.1. The lowest BCUT2D eigenvalue weighted by atomic mass is 10.1. The van der Waals surface area contributed by atoms with Crippen LogP contribution in [0.3, 0.4) is 0 Å². The van der Waals surface area contributed by atoms with E-state index >= 15 is 0 Å². The van der Waals surface area contributed by atoms with E-state index in [1.165, 1.54) is 25.1 Å². The van der Waals surface area contributed by atoms with Crippen molar-refractivity contribution in [2.45, 2.75) is 32.2 Å². The van der Waals surface area contributed by atoms with Gasteiger partial charge >= 0.3 is 0 Å². The van der Waals surface area contributed by atoms with Crippen molar-refractivity contribution in [1.29, 1.82) is 0 Å². The van der Waals surface area contributed by atoms with Gasteiger partial charge in [0.05, 0.1) is 7.11 Å². The molecule has 0 aliphatic carbocycles. The van der Waals surface area contributed by atoms with Gasteiger partial charge in [0.2, 0.25) is 0 Å². The number of piperazine rings is 1. The molecule has 4 nitrogen and oxygen atoms in total. The van der Waals surface area contributed by atoms with Crippen LogP contribution in [-0.2, 0) is 0 Å². The molecule has 0 spiro atoms. The molecular weight excluding hydrogens is 262 g/mol. The SMILES string of the molecule is COc1ccc(N2CCN(CCCCC(C)N)CC2)cc1. The molecule has 1 aliphatic heterocycles. The quantitative estimate of drug-likeness (QED) is 0.783. The van der Waals surface area contributed by atoms with Crippen molar-refractivity contribution in [3.05, 3.63) is 24.3 Å². The molecule has 1 fully saturated rings. The summed E-state index contributed by atoms with van der Waals surface area (Å²) >= 11 is 0. The van der Waals surface area contributed by atoms with Gasteiger partial charge in [0.25, 0.3) is 0 Å². The number of hydrogen-bond donors (Lipinski definition) is 1. The van der Waals surface area contributed by atoms with Crippen molar-refractivity contribution < 1.29 is 4.74 Å². The Morgan fingerprint density at radius 2 is 1.76 bits per heavy atom. The number of hydrogen-bond acceptors (Lipinski definition) is 4. The molecule has 0 saturated carbocycles. The van der Waals surface area contributed by atoms with Crippen molar-refractivity contribution >= 4 is 5.69 Å². The largest absolute Gasteiger partial charge is 0.497 e. The van der Waals surface area contributed by atoms with Crippen LogP contribution in [-0.4, -0.2) is 50.8 Å². The third kappa shape index (κ3) is 5.21. The van der Waals surface area contributed by atoms with Gasteiger partial charge in [-0.3, -0.25) is 4.90 Å². The first kappa shape index (κ1) is 16.1. The highest BCUT2D eigenvalue weighted by atomic mass is 16.5. The van der Waals surface area contributed by atoms with Crippen LogP contribution in [0, 0.1) is 0 Å². The Hall–Kier alpha value is -1.26. The minimum atomic E-state index is 0.344. The fourth-order valence-electron chi connectivity index (χ4n) is 2.82. The van der Waals surface area contributed by atoms with Gasteiger partial charge in [-0.25, -0.2) is 0 Å². The first-order valence-corrected chi connectivity index (χ1v) is 8.06. The minimum Gasteiger partial charge on any atom is -0.497 e. The lowest BCUT2D eigenvalue weighted by molar-refractivity contribution is 0.251. The highest BCUT2D eigenvalue weighted by molar-refractivity contribution is 5.49. The molecule has 1 heterocycles. The predicted octanol–water partition coefficient (Wildman–Crippen LogP) is 2.33. The second-order valence-corrected chi connectivity index (χ2v) is 6.00. The molecule has 1 aliphatic rings. The molecular formula is C17H29N3O. The van der Waals surface area contributed by atoms with E-state index in [1.54, 1.807) is 7.11 Å². The van der Waals surface area contributed by atoms with E-state index in [4.69, 9.17) is 10.5 Å². The number of unbranched alkanes of at least 4 members (excludes halogenated alkanes) is 1. The van der Waals surface area contributed by atoms with E-state index in [1.807, 2.05) is 12.1 Å². The molecule has 0 aromatic heterocycles. The first-order valence-electron chi connectivity index (χ1n) is 8.06. The Morgan fingerprint density at radius 3 is 2.33 bits per heavy atom. The second-order valence-electron chi connectivity index (χ2n) is 6.00. The summed E-state index contributed by atoms with van der Waals surface area (Å²) in [6.07, 6.45) is 3.66. The zero-order valence-electron chi connectivity index (χ0n) is 13.4. The van der Waals surface area contributed by atoms with E-state index in [0.717, 1.165) is 38.3 Å². The summed E-state index contributed by atoms with van der Waals surface area (Å²) in [6, 6.07) is 8.72. The zero-order valence-corrected chi connectivity index (χ0v) is 13.4. The van der Waals surface area contributed by atoms with Crippen LogP contribution < -0.4 is 15.4 Å². The maximum atomic E-state index is 5.79. The third-order valence-electron chi connectivity index (χ3n) is 4.19. The summed E-state index contributed by atoms with van der Waals surface area (Å²) in [4.78, 5) is 5.03. The van der Waals surface area contributed by atoms with Crippen LogP contribution in [0.15, 0.2) is 24.3 Å². The van der Waals surface area contributed by atoms with E-state index in [0.29, 0.717) is 6.04 Å². The van der Waals surface area contributed by atoms with Crippen LogP contribution in [0.2, 0.25) is 0 Å². The van der Waals surface area contributed by atoms with E-state index < -0.39 is 0 Å². The fourth-order valence-corrected chi connectivity index (χ4v) is 2.82. The lowest BCUT2D eigenvalue weighted by Crippen LogP contribution is -2.46. The summed E-state index contributed by atoms with van der Waals surface area (Å²) in [5.74, 6) is 0.923. The molecule has 1 unspecified atom stereocenters. The number of ether oxygens (including phenoxy) is 1. The van der Waals surface area contributed by atoms with Gasteiger partial charge < -0.3 is 15.4 Å². The standard InChI is InChI=1S/C17H29N3O/c1-15(18)5-3-4-10-19-11-13-20(14-12-19)16-6-8-17(21-2)9-7-16/h6-9,15H,3-5,10-14,18H2,1-2H3. The molecule has 0 radical (unpaired) electrons. The van der Waals surface area contributed by atoms with E-state index in [2.05, 4.69) is 28.9 Å². The topological polar surface area (TPSA) is 41.7 Å². The summed E-state index contributed by atoms with van der Waals surface area (Å²) in [6.45, 7) is 7.84. The van der Waals surface area contributed by atoms with Crippen LogP contribution in [0.25, 0.3) is 0 Å². The average molecular weight is 291 g/mol. The Balaban J connectivity index is 1.70. The maximum absolute atomic E-state index is 5.79. The van der Waals surface area contributed by atoms with Crippen molar-refractivity contribution in [3.63, 3.8) is 0 Å². The fraction of sp³-hybridized carbons (Fsp3) is 0.647. The molecule has 1 aromatic rings. The van der Waals surface area contributed by atoms with Crippen molar-refractivity contribution in [3.8, 4) is 5.75 Å². The molecule has 118 valence electrons.